The fourth-order valence-corrected chi connectivity index (χ4v) is 3.11. The minimum Gasteiger partial charge on any atom is -0.481 e. The van der Waals surface area contributed by atoms with Crippen LogP contribution in [0.1, 0.15) is 23.6 Å². The van der Waals surface area contributed by atoms with E-state index >= 15 is 0 Å². The molecule has 3 rings (SSSR count). The molecular formula is C23H22ClFN2O2. The van der Waals surface area contributed by atoms with Gasteiger partial charge in [-0.2, -0.15) is 0 Å². The van der Waals surface area contributed by atoms with Crippen molar-refractivity contribution < 1.29 is 13.9 Å². The Labute approximate surface area is 174 Å². The van der Waals surface area contributed by atoms with E-state index in [2.05, 4.69) is 4.98 Å². The third-order valence-corrected chi connectivity index (χ3v) is 5.06. The molecule has 0 unspecified atom stereocenters. The number of hydrogen-bond acceptors (Lipinski definition) is 3. The van der Waals surface area contributed by atoms with Crippen molar-refractivity contribution in [3.63, 3.8) is 0 Å². The second kappa shape index (κ2) is 9.05. The summed E-state index contributed by atoms with van der Waals surface area (Å²) in [7, 11) is 0. The first kappa shape index (κ1) is 20.8. The number of carbonyl (C=O) groups excluding carboxylic acids is 1. The average Bonchev–Trinajstić information content (AvgIpc) is 2.71. The summed E-state index contributed by atoms with van der Waals surface area (Å²) in [4.78, 5) is 18.9. The Kier molecular flexibility index (Phi) is 6.49. The normalized spacial score (nSPS) is 11.8. The van der Waals surface area contributed by atoms with Crippen LogP contribution in [0.4, 0.5) is 10.2 Å². The third-order valence-electron chi connectivity index (χ3n) is 4.71. The molecule has 0 fully saturated rings. The first-order chi connectivity index (χ1) is 13.9. The van der Waals surface area contributed by atoms with Crippen LogP contribution < -0.4 is 9.64 Å². The van der Waals surface area contributed by atoms with Crippen molar-refractivity contribution in [3.05, 3.63) is 88.3 Å². The maximum absolute atomic E-state index is 14.3. The van der Waals surface area contributed by atoms with E-state index in [1.54, 1.807) is 37.4 Å². The number of benzene rings is 2. The van der Waals surface area contributed by atoms with Gasteiger partial charge in [0.1, 0.15) is 17.4 Å². The summed E-state index contributed by atoms with van der Waals surface area (Å²) in [6.07, 6.45) is 0.776. The molecule has 0 saturated carbocycles. The number of hydrogen-bond donors (Lipinski definition) is 0. The molecule has 150 valence electrons. The first-order valence-corrected chi connectivity index (χ1v) is 9.64. The number of pyridine rings is 1. The monoisotopic (exact) mass is 412 g/mol. The number of nitrogens with zero attached hydrogens (tertiary/aromatic N) is 2. The van der Waals surface area contributed by atoms with E-state index in [1.807, 2.05) is 32.0 Å². The van der Waals surface area contributed by atoms with Crippen LogP contribution in [0.15, 0.2) is 60.8 Å². The van der Waals surface area contributed by atoms with Crippen molar-refractivity contribution in [2.75, 3.05) is 4.90 Å². The molecule has 0 aliphatic heterocycles. The van der Waals surface area contributed by atoms with Gasteiger partial charge in [-0.1, -0.05) is 29.8 Å². The molecule has 1 heterocycles. The lowest BCUT2D eigenvalue weighted by Crippen LogP contribution is -2.41. The smallest absolute Gasteiger partial charge is 0.269 e. The Morgan fingerprint density at radius 2 is 1.93 bits per heavy atom. The van der Waals surface area contributed by atoms with Gasteiger partial charge in [-0.3, -0.25) is 9.69 Å². The Morgan fingerprint density at radius 1 is 1.14 bits per heavy atom. The maximum atomic E-state index is 14.3. The lowest BCUT2D eigenvalue weighted by molar-refractivity contribution is -0.124. The molecule has 2 aromatic carbocycles. The largest absolute Gasteiger partial charge is 0.481 e. The van der Waals surface area contributed by atoms with Gasteiger partial charge in [0.2, 0.25) is 0 Å². The number of rotatable bonds is 6. The van der Waals surface area contributed by atoms with Crippen LogP contribution in [0.2, 0.25) is 5.02 Å². The summed E-state index contributed by atoms with van der Waals surface area (Å²) in [6, 6.07) is 15.3. The van der Waals surface area contributed by atoms with Crippen LogP contribution in [0.5, 0.6) is 5.75 Å². The molecule has 29 heavy (non-hydrogen) atoms. The fourth-order valence-electron chi connectivity index (χ4n) is 2.89. The van der Waals surface area contributed by atoms with Crippen LogP contribution in [0, 0.1) is 19.7 Å². The van der Waals surface area contributed by atoms with Gasteiger partial charge in [0.05, 0.1) is 6.54 Å². The highest BCUT2D eigenvalue weighted by Crippen LogP contribution is 2.25. The highest BCUT2D eigenvalue weighted by molar-refractivity contribution is 6.31. The summed E-state index contributed by atoms with van der Waals surface area (Å²) in [6.45, 7) is 5.60. The van der Waals surface area contributed by atoms with Gasteiger partial charge in [0.25, 0.3) is 5.91 Å². The van der Waals surface area contributed by atoms with Gasteiger partial charge in [0.15, 0.2) is 6.10 Å². The number of ether oxygens (including phenoxy) is 1. The highest BCUT2D eigenvalue weighted by Gasteiger charge is 2.26. The lowest BCUT2D eigenvalue weighted by atomic mass is 10.1. The van der Waals surface area contributed by atoms with E-state index in [4.69, 9.17) is 16.3 Å². The lowest BCUT2D eigenvalue weighted by Gasteiger charge is -2.26. The van der Waals surface area contributed by atoms with Crippen molar-refractivity contribution in [1.29, 1.82) is 0 Å². The van der Waals surface area contributed by atoms with Gasteiger partial charge in [-0.05, 0) is 68.3 Å². The maximum Gasteiger partial charge on any atom is 0.269 e. The molecule has 0 saturated heterocycles. The fraction of sp³-hybridized carbons (Fsp3) is 0.217. The Morgan fingerprint density at radius 3 is 2.59 bits per heavy atom. The number of anilines is 1. The van der Waals surface area contributed by atoms with Crippen molar-refractivity contribution in [2.24, 2.45) is 0 Å². The van der Waals surface area contributed by atoms with Gasteiger partial charge >= 0.3 is 0 Å². The molecule has 1 atom stereocenters. The standard InChI is InChI=1S/C23H22ClFN2O2/c1-15-10-11-18(13-16(15)2)29-17(3)23(28)27(22-9-4-5-12-26-22)14-19-20(24)7-6-8-21(19)25/h4-13,17H,14H2,1-3H3/t17-/m0/s1. The summed E-state index contributed by atoms with van der Waals surface area (Å²) in [5.74, 6) is 0.168. The van der Waals surface area contributed by atoms with Crippen molar-refractivity contribution in [1.82, 2.24) is 4.98 Å². The Bertz CT molecular complexity index is 991. The summed E-state index contributed by atoms with van der Waals surface area (Å²) in [5.41, 5.74) is 2.44. The summed E-state index contributed by atoms with van der Waals surface area (Å²) in [5, 5.41) is 0.251. The third kappa shape index (κ3) is 4.93. The molecule has 0 bridgehead atoms. The van der Waals surface area contributed by atoms with Crippen LogP contribution in [0.25, 0.3) is 0 Å². The van der Waals surface area contributed by atoms with E-state index in [9.17, 15) is 9.18 Å². The SMILES string of the molecule is Cc1ccc(O[C@@H](C)C(=O)N(Cc2c(F)cccc2Cl)c2ccccn2)cc1C. The highest BCUT2D eigenvalue weighted by atomic mass is 35.5. The van der Waals surface area contributed by atoms with E-state index in [-0.39, 0.29) is 23.0 Å². The second-order valence-corrected chi connectivity index (χ2v) is 7.23. The molecule has 3 aromatic rings. The number of carbonyl (C=O) groups is 1. The van der Waals surface area contributed by atoms with Crippen molar-refractivity contribution >= 4 is 23.3 Å². The topological polar surface area (TPSA) is 42.4 Å². The molecule has 0 N–H and O–H groups in total. The quantitative estimate of drug-likeness (QED) is 0.537. The van der Waals surface area contributed by atoms with Gasteiger partial charge < -0.3 is 4.74 Å². The molecule has 0 radical (unpaired) electrons. The van der Waals surface area contributed by atoms with Gasteiger partial charge in [-0.15, -0.1) is 0 Å². The molecule has 0 aliphatic carbocycles. The zero-order chi connectivity index (χ0) is 21.0. The molecule has 4 nitrogen and oxygen atoms in total. The number of amides is 1. The van der Waals surface area contributed by atoms with Crippen LogP contribution >= 0.6 is 11.6 Å². The number of halogens is 2. The van der Waals surface area contributed by atoms with E-state index in [0.29, 0.717) is 11.6 Å². The van der Waals surface area contributed by atoms with Crippen LogP contribution in [-0.2, 0) is 11.3 Å². The van der Waals surface area contributed by atoms with E-state index in [0.717, 1.165) is 11.1 Å². The zero-order valence-electron chi connectivity index (χ0n) is 16.5. The minimum atomic E-state index is -0.801. The van der Waals surface area contributed by atoms with E-state index < -0.39 is 11.9 Å². The molecule has 1 amide bonds. The molecule has 0 aliphatic rings. The van der Waals surface area contributed by atoms with Crippen LogP contribution in [-0.4, -0.2) is 17.0 Å². The average molecular weight is 413 g/mol. The minimum absolute atomic E-state index is 0.0536. The van der Waals surface area contributed by atoms with Crippen molar-refractivity contribution in [2.45, 2.75) is 33.4 Å². The molecule has 0 spiro atoms. The predicted molar refractivity (Wildman–Crippen MR) is 113 cm³/mol. The number of aryl methyl sites for hydroxylation is 2. The van der Waals surface area contributed by atoms with Gasteiger partial charge in [0, 0.05) is 16.8 Å². The zero-order valence-corrected chi connectivity index (χ0v) is 17.3. The summed E-state index contributed by atoms with van der Waals surface area (Å²) < 4.78 is 20.2. The van der Waals surface area contributed by atoms with Crippen LogP contribution in [0.3, 0.4) is 0 Å². The molecular weight excluding hydrogens is 391 g/mol. The Balaban J connectivity index is 1.89. The molecule has 6 heteroatoms. The predicted octanol–water partition coefficient (Wildman–Crippen LogP) is 5.49. The Hall–Kier alpha value is -2.92. The second-order valence-electron chi connectivity index (χ2n) is 6.82. The van der Waals surface area contributed by atoms with Gasteiger partial charge in [-0.25, -0.2) is 9.37 Å². The number of aromatic nitrogens is 1. The first-order valence-electron chi connectivity index (χ1n) is 9.26. The molecule has 1 aromatic heterocycles. The van der Waals surface area contributed by atoms with E-state index in [1.165, 1.54) is 17.0 Å². The summed E-state index contributed by atoms with van der Waals surface area (Å²) >= 11 is 6.18. The van der Waals surface area contributed by atoms with Crippen molar-refractivity contribution in [3.8, 4) is 5.75 Å².